The van der Waals surface area contributed by atoms with Crippen molar-refractivity contribution in [2.45, 2.75) is 95.9 Å². The van der Waals surface area contributed by atoms with Crippen LogP contribution >= 0.6 is 0 Å². The Morgan fingerprint density at radius 2 is 1.06 bits per heavy atom. The summed E-state index contributed by atoms with van der Waals surface area (Å²) in [5, 5.41) is 11.3. The van der Waals surface area contributed by atoms with E-state index in [1.54, 1.807) is 0 Å². The van der Waals surface area contributed by atoms with Crippen LogP contribution in [0.4, 0.5) is 0 Å². The lowest BCUT2D eigenvalue weighted by Gasteiger charge is -2.44. The first-order valence-corrected chi connectivity index (χ1v) is 16.7. The number of aliphatic hydroxyl groups excluding tert-OH is 1. The Balaban J connectivity index is 1.43. The molecule has 13 heteroatoms. The lowest BCUT2D eigenvalue weighted by Crippen LogP contribution is -2.63. The minimum absolute atomic E-state index is 0.0943. The number of hydrogen-bond acceptors (Lipinski definition) is 13. The van der Waals surface area contributed by atoms with Gasteiger partial charge < -0.3 is 47.7 Å². The molecule has 13 nitrogen and oxygen atoms in total. The van der Waals surface area contributed by atoms with Gasteiger partial charge in [0.2, 0.25) is 0 Å². The number of carbonyl (C=O) groups excluding carboxylic acids is 3. The van der Waals surface area contributed by atoms with Crippen molar-refractivity contribution in [2.75, 3.05) is 13.2 Å². The molecule has 0 spiro atoms. The molecule has 2 saturated heterocycles. The second kappa shape index (κ2) is 18.9. The number of benzene rings is 3. The van der Waals surface area contributed by atoms with Crippen molar-refractivity contribution in [3.8, 4) is 0 Å². The van der Waals surface area contributed by atoms with Gasteiger partial charge in [0, 0.05) is 20.8 Å². The van der Waals surface area contributed by atoms with Crippen molar-refractivity contribution in [1.29, 1.82) is 0 Å². The molecule has 0 radical (unpaired) electrons. The van der Waals surface area contributed by atoms with Crippen molar-refractivity contribution in [3.05, 3.63) is 108 Å². The van der Waals surface area contributed by atoms with E-state index in [1.165, 1.54) is 6.92 Å². The van der Waals surface area contributed by atoms with Crippen molar-refractivity contribution in [3.63, 3.8) is 0 Å². The third kappa shape index (κ3) is 11.1. The van der Waals surface area contributed by atoms with Gasteiger partial charge in [-0.1, -0.05) is 91.0 Å². The quantitative estimate of drug-likeness (QED) is 0.170. The summed E-state index contributed by atoms with van der Waals surface area (Å²) in [5.41, 5.74) is 2.76. The fourth-order valence-electron chi connectivity index (χ4n) is 5.90. The fraction of sp³-hybridized carbons (Fsp3) is 0.447. The van der Waals surface area contributed by atoms with Gasteiger partial charge in [-0.15, -0.1) is 0 Å². The zero-order valence-electron chi connectivity index (χ0n) is 28.7. The molecular formula is C38H44O13. The molecule has 3 aromatic rings. The molecule has 0 bridgehead atoms. The molecular weight excluding hydrogens is 664 g/mol. The first-order chi connectivity index (χ1) is 24.7. The summed E-state index contributed by atoms with van der Waals surface area (Å²) in [6.45, 7) is 3.91. The number of ether oxygens (including phenoxy) is 9. The van der Waals surface area contributed by atoms with E-state index in [4.69, 9.17) is 42.6 Å². The number of carbonyl (C=O) groups is 3. The molecule has 274 valence electrons. The molecule has 2 aliphatic rings. The van der Waals surface area contributed by atoms with Crippen LogP contribution in [-0.2, 0) is 76.8 Å². The molecule has 2 aliphatic heterocycles. The molecule has 3 aromatic carbocycles. The van der Waals surface area contributed by atoms with E-state index in [0.29, 0.717) is 6.61 Å². The summed E-state index contributed by atoms with van der Waals surface area (Å²) >= 11 is 0. The van der Waals surface area contributed by atoms with Gasteiger partial charge in [0.25, 0.3) is 0 Å². The van der Waals surface area contributed by atoms with E-state index in [-0.39, 0.29) is 19.8 Å². The largest absolute Gasteiger partial charge is 0.463 e. The Hall–Kier alpha value is -4.21. The van der Waals surface area contributed by atoms with Crippen LogP contribution in [0.3, 0.4) is 0 Å². The second-order valence-corrected chi connectivity index (χ2v) is 12.2. The topological polar surface area (TPSA) is 155 Å². The smallest absolute Gasteiger partial charge is 0.303 e. The van der Waals surface area contributed by atoms with Crippen LogP contribution in [0.25, 0.3) is 0 Å². The van der Waals surface area contributed by atoms with Gasteiger partial charge in [0.1, 0.15) is 31.0 Å². The summed E-state index contributed by atoms with van der Waals surface area (Å²) in [4.78, 5) is 36.2. The highest BCUT2D eigenvalue weighted by atomic mass is 16.8. The van der Waals surface area contributed by atoms with Gasteiger partial charge in [-0.05, 0) is 16.7 Å². The van der Waals surface area contributed by atoms with Crippen LogP contribution in [-0.4, -0.2) is 91.5 Å². The maximum Gasteiger partial charge on any atom is 0.303 e. The molecule has 9 atom stereocenters. The van der Waals surface area contributed by atoms with Crippen molar-refractivity contribution in [2.24, 2.45) is 0 Å². The monoisotopic (exact) mass is 708 g/mol. The fourth-order valence-corrected chi connectivity index (χ4v) is 5.90. The molecule has 2 heterocycles. The zero-order valence-corrected chi connectivity index (χ0v) is 28.7. The van der Waals surface area contributed by atoms with Crippen LogP contribution in [0, 0.1) is 0 Å². The molecule has 1 N–H and O–H groups in total. The maximum atomic E-state index is 12.4. The van der Waals surface area contributed by atoms with E-state index in [2.05, 4.69) is 0 Å². The van der Waals surface area contributed by atoms with E-state index in [9.17, 15) is 19.5 Å². The van der Waals surface area contributed by atoms with Crippen LogP contribution in [0.1, 0.15) is 37.5 Å². The summed E-state index contributed by atoms with van der Waals surface area (Å²) in [6.07, 6.45) is -10.6. The van der Waals surface area contributed by atoms with Crippen LogP contribution in [0.5, 0.6) is 0 Å². The summed E-state index contributed by atoms with van der Waals surface area (Å²) < 4.78 is 53.8. The first-order valence-electron chi connectivity index (χ1n) is 16.7. The Morgan fingerprint density at radius 3 is 1.59 bits per heavy atom. The predicted octanol–water partition coefficient (Wildman–Crippen LogP) is 3.63. The number of rotatable bonds is 16. The van der Waals surface area contributed by atoms with Gasteiger partial charge in [-0.25, -0.2) is 0 Å². The Labute approximate surface area is 296 Å². The molecule has 0 saturated carbocycles. The minimum atomic E-state index is -1.74. The highest BCUT2D eigenvalue weighted by Gasteiger charge is 2.55. The Kier molecular flexibility index (Phi) is 14.1. The Morgan fingerprint density at radius 1 is 0.569 bits per heavy atom. The molecule has 0 unspecified atom stereocenters. The highest BCUT2D eigenvalue weighted by Crippen LogP contribution is 2.35. The van der Waals surface area contributed by atoms with Gasteiger partial charge in [-0.2, -0.15) is 0 Å². The summed E-state index contributed by atoms with van der Waals surface area (Å²) in [7, 11) is 0. The number of esters is 3. The number of hydrogen-bond donors (Lipinski definition) is 1. The van der Waals surface area contributed by atoms with Crippen LogP contribution in [0.2, 0.25) is 0 Å². The lowest BCUT2D eigenvalue weighted by atomic mass is 9.98. The van der Waals surface area contributed by atoms with E-state index >= 15 is 0 Å². The van der Waals surface area contributed by atoms with Crippen molar-refractivity contribution >= 4 is 17.9 Å². The molecule has 0 aliphatic carbocycles. The number of aliphatic hydroxyl groups is 1. The minimum Gasteiger partial charge on any atom is -0.463 e. The summed E-state index contributed by atoms with van der Waals surface area (Å²) in [6, 6.07) is 28.8. The molecule has 5 rings (SSSR count). The van der Waals surface area contributed by atoms with Gasteiger partial charge in [0.15, 0.2) is 30.9 Å². The van der Waals surface area contributed by atoms with Gasteiger partial charge in [-0.3, -0.25) is 14.4 Å². The van der Waals surface area contributed by atoms with E-state index in [0.717, 1.165) is 30.5 Å². The third-order valence-electron chi connectivity index (χ3n) is 8.19. The SMILES string of the molecule is CC(=O)OC[C@H]1O[C@H](O)[C@H](O[C@H]2O[C@H](COCc3ccccc3)[C@@H](OCc3ccccc3)[C@@H]2OCc2ccccc2)[C@@H](OC(C)=O)[C@@H]1OC(C)=O. The summed E-state index contributed by atoms with van der Waals surface area (Å²) in [5.74, 6) is -2.10. The molecule has 0 amide bonds. The average Bonchev–Trinajstić information content (AvgIpc) is 3.44. The zero-order chi connectivity index (χ0) is 36.2. The van der Waals surface area contributed by atoms with Gasteiger partial charge in [0.05, 0.1) is 26.4 Å². The van der Waals surface area contributed by atoms with E-state index < -0.39 is 79.8 Å². The predicted molar refractivity (Wildman–Crippen MR) is 178 cm³/mol. The normalized spacial score (nSPS) is 27.4. The Bertz CT molecular complexity index is 1520. The molecule has 2 fully saturated rings. The standard InChI is InChI=1S/C38H44O13/c1-24(39)44-23-31-33(47-25(2)40)34(48-26(3)41)35(37(42)49-31)51-38-36(46-21-29-17-11-6-12-18-29)32(45-20-28-15-9-5-10-16-28)30(50-38)22-43-19-27-13-7-4-8-14-27/h4-18,30-38,42H,19-23H2,1-3H3/t30-,31-,32-,33-,34+,35-,36+,37+,38-/m1/s1. The van der Waals surface area contributed by atoms with Gasteiger partial charge >= 0.3 is 17.9 Å². The van der Waals surface area contributed by atoms with Crippen LogP contribution < -0.4 is 0 Å². The average molecular weight is 709 g/mol. The van der Waals surface area contributed by atoms with Crippen molar-refractivity contribution < 1.29 is 62.1 Å². The lowest BCUT2D eigenvalue weighted by molar-refractivity contribution is -0.331. The van der Waals surface area contributed by atoms with Crippen LogP contribution in [0.15, 0.2) is 91.0 Å². The first kappa shape index (κ1) is 38.0. The third-order valence-corrected chi connectivity index (χ3v) is 8.19. The maximum absolute atomic E-state index is 12.4. The molecule has 51 heavy (non-hydrogen) atoms. The molecule has 0 aromatic heterocycles. The second-order valence-electron chi connectivity index (χ2n) is 12.2. The van der Waals surface area contributed by atoms with E-state index in [1.807, 2.05) is 91.0 Å². The van der Waals surface area contributed by atoms with Crippen molar-refractivity contribution in [1.82, 2.24) is 0 Å². The highest BCUT2D eigenvalue weighted by molar-refractivity contribution is 5.68.